The minimum absolute atomic E-state index is 0.337. The van der Waals surface area contributed by atoms with Crippen molar-refractivity contribution in [3.63, 3.8) is 0 Å². The Morgan fingerprint density at radius 1 is 1.20 bits per heavy atom. The summed E-state index contributed by atoms with van der Waals surface area (Å²) in [4.78, 5) is 0.337. The Kier molecular flexibility index (Phi) is 2.88. The van der Waals surface area contributed by atoms with Crippen LogP contribution in [0.5, 0.6) is 0 Å². The van der Waals surface area contributed by atoms with Crippen molar-refractivity contribution in [2.75, 3.05) is 13.2 Å². The standard InChI is InChI=1S/C11H12O3S/c12-15(13,9-10-6-7-14-8-10)11-4-2-1-3-5-11/h1-5,9H,6-8H2. The SMILES string of the molecule is O=S(=O)(C=C1CCOC1)c1ccccc1. The summed E-state index contributed by atoms with van der Waals surface area (Å²) in [5.41, 5.74) is 0.846. The summed E-state index contributed by atoms with van der Waals surface area (Å²) in [5.74, 6) is 0. The highest BCUT2D eigenvalue weighted by Crippen LogP contribution is 2.17. The minimum atomic E-state index is -3.29. The van der Waals surface area contributed by atoms with Gasteiger partial charge in [-0.25, -0.2) is 8.42 Å². The number of sulfone groups is 1. The molecule has 3 nitrogen and oxygen atoms in total. The lowest BCUT2D eigenvalue weighted by molar-refractivity contribution is 0.204. The second kappa shape index (κ2) is 4.16. The largest absolute Gasteiger partial charge is 0.377 e. The third-order valence-electron chi connectivity index (χ3n) is 2.25. The maximum absolute atomic E-state index is 11.9. The van der Waals surface area contributed by atoms with Crippen molar-refractivity contribution in [3.8, 4) is 0 Å². The lowest BCUT2D eigenvalue weighted by Crippen LogP contribution is -1.98. The number of hydrogen-bond acceptors (Lipinski definition) is 3. The highest BCUT2D eigenvalue weighted by Gasteiger charge is 2.14. The molecule has 0 aliphatic carbocycles. The molecule has 2 rings (SSSR count). The van der Waals surface area contributed by atoms with E-state index in [9.17, 15) is 8.42 Å². The van der Waals surface area contributed by atoms with E-state index in [1.165, 1.54) is 5.41 Å². The van der Waals surface area contributed by atoms with E-state index in [1.54, 1.807) is 30.3 Å². The van der Waals surface area contributed by atoms with Crippen LogP contribution >= 0.6 is 0 Å². The summed E-state index contributed by atoms with van der Waals surface area (Å²) in [7, 11) is -3.29. The van der Waals surface area contributed by atoms with Crippen molar-refractivity contribution >= 4 is 9.84 Å². The van der Waals surface area contributed by atoms with E-state index in [4.69, 9.17) is 4.74 Å². The fourth-order valence-corrected chi connectivity index (χ4v) is 2.77. The molecule has 0 spiro atoms. The van der Waals surface area contributed by atoms with E-state index >= 15 is 0 Å². The van der Waals surface area contributed by atoms with E-state index in [-0.39, 0.29) is 0 Å². The average molecular weight is 224 g/mol. The fourth-order valence-electron chi connectivity index (χ4n) is 1.47. The van der Waals surface area contributed by atoms with E-state index in [0.29, 0.717) is 24.5 Å². The molecule has 0 aromatic heterocycles. The molecule has 0 atom stereocenters. The third kappa shape index (κ3) is 2.46. The maximum Gasteiger partial charge on any atom is 0.199 e. The van der Waals surface area contributed by atoms with Crippen LogP contribution in [0, 0.1) is 0 Å². The van der Waals surface area contributed by atoms with Crippen molar-refractivity contribution in [2.24, 2.45) is 0 Å². The normalized spacial score (nSPS) is 19.6. The molecule has 1 aromatic carbocycles. The molecule has 80 valence electrons. The van der Waals surface area contributed by atoms with Gasteiger partial charge >= 0.3 is 0 Å². The van der Waals surface area contributed by atoms with Gasteiger partial charge < -0.3 is 4.74 Å². The molecule has 0 unspecified atom stereocenters. The van der Waals surface area contributed by atoms with E-state index in [2.05, 4.69) is 0 Å². The van der Waals surface area contributed by atoms with Gasteiger partial charge in [-0.05, 0) is 24.1 Å². The molecule has 1 fully saturated rings. The predicted molar refractivity (Wildman–Crippen MR) is 57.1 cm³/mol. The molecule has 1 aliphatic heterocycles. The maximum atomic E-state index is 11.9. The fraction of sp³-hybridized carbons (Fsp3) is 0.273. The number of hydrogen-bond donors (Lipinski definition) is 0. The van der Waals surface area contributed by atoms with Gasteiger partial charge in [0.25, 0.3) is 0 Å². The van der Waals surface area contributed by atoms with E-state index in [0.717, 1.165) is 5.57 Å². The van der Waals surface area contributed by atoms with Gasteiger partial charge in [-0.2, -0.15) is 0 Å². The van der Waals surface area contributed by atoms with Crippen LogP contribution in [-0.2, 0) is 14.6 Å². The van der Waals surface area contributed by atoms with Crippen LogP contribution in [0.15, 0.2) is 46.2 Å². The highest BCUT2D eigenvalue weighted by molar-refractivity contribution is 7.94. The zero-order valence-electron chi connectivity index (χ0n) is 8.22. The van der Waals surface area contributed by atoms with E-state index < -0.39 is 9.84 Å². The van der Waals surface area contributed by atoms with Gasteiger partial charge in [0.1, 0.15) is 0 Å². The van der Waals surface area contributed by atoms with E-state index in [1.807, 2.05) is 0 Å². The first-order valence-electron chi connectivity index (χ1n) is 4.76. The smallest absolute Gasteiger partial charge is 0.199 e. The first kappa shape index (κ1) is 10.4. The Labute approximate surface area is 89.3 Å². The van der Waals surface area contributed by atoms with Crippen LogP contribution in [-0.4, -0.2) is 21.6 Å². The molecule has 1 aliphatic rings. The number of benzene rings is 1. The number of ether oxygens (including phenoxy) is 1. The molecule has 1 heterocycles. The monoisotopic (exact) mass is 224 g/mol. The van der Waals surface area contributed by atoms with Crippen LogP contribution in [0.25, 0.3) is 0 Å². The lowest BCUT2D eigenvalue weighted by Gasteiger charge is -1.99. The second-order valence-corrected chi connectivity index (χ2v) is 5.23. The first-order valence-corrected chi connectivity index (χ1v) is 6.30. The van der Waals surface area contributed by atoms with Gasteiger partial charge in [-0.1, -0.05) is 18.2 Å². The van der Waals surface area contributed by atoms with Crippen molar-refractivity contribution in [1.82, 2.24) is 0 Å². The first-order chi connectivity index (χ1) is 7.18. The molecule has 4 heteroatoms. The zero-order valence-corrected chi connectivity index (χ0v) is 9.03. The third-order valence-corrected chi connectivity index (χ3v) is 3.82. The summed E-state index contributed by atoms with van der Waals surface area (Å²) in [6, 6.07) is 8.43. The summed E-state index contributed by atoms with van der Waals surface area (Å²) in [6.07, 6.45) is 0.714. The van der Waals surface area contributed by atoms with Crippen molar-refractivity contribution in [3.05, 3.63) is 41.3 Å². The van der Waals surface area contributed by atoms with Gasteiger partial charge in [-0.3, -0.25) is 0 Å². The van der Waals surface area contributed by atoms with Gasteiger partial charge in [0.15, 0.2) is 9.84 Å². The van der Waals surface area contributed by atoms with Crippen molar-refractivity contribution in [1.29, 1.82) is 0 Å². The lowest BCUT2D eigenvalue weighted by atomic mass is 10.3. The van der Waals surface area contributed by atoms with Crippen molar-refractivity contribution in [2.45, 2.75) is 11.3 Å². The summed E-state index contributed by atoms with van der Waals surface area (Å²) in [6.45, 7) is 1.06. The molecule has 0 radical (unpaired) electrons. The average Bonchev–Trinajstić information content (AvgIpc) is 2.71. The Morgan fingerprint density at radius 3 is 2.53 bits per heavy atom. The highest BCUT2D eigenvalue weighted by atomic mass is 32.2. The Morgan fingerprint density at radius 2 is 1.93 bits per heavy atom. The van der Waals surface area contributed by atoms with Crippen LogP contribution < -0.4 is 0 Å². The summed E-state index contributed by atoms with van der Waals surface area (Å²) in [5, 5.41) is 1.33. The van der Waals surface area contributed by atoms with Gasteiger partial charge in [-0.15, -0.1) is 0 Å². The molecule has 0 amide bonds. The molecule has 1 saturated heterocycles. The molecule has 0 saturated carbocycles. The van der Waals surface area contributed by atoms with Crippen LogP contribution in [0.4, 0.5) is 0 Å². The Bertz CT molecular complexity index is 452. The number of rotatable bonds is 2. The molecule has 0 bridgehead atoms. The predicted octanol–water partition coefficient (Wildman–Crippen LogP) is 1.76. The van der Waals surface area contributed by atoms with Gasteiger partial charge in [0, 0.05) is 5.41 Å². The Hall–Kier alpha value is -1.13. The zero-order chi connectivity index (χ0) is 10.7. The molecular formula is C11H12O3S. The van der Waals surface area contributed by atoms with Crippen LogP contribution in [0.3, 0.4) is 0 Å². The van der Waals surface area contributed by atoms with Crippen molar-refractivity contribution < 1.29 is 13.2 Å². The molecule has 15 heavy (non-hydrogen) atoms. The summed E-state index contributed by atoms with van der Waals surface area (Å²) >= 11 is 0. The molecular weight excluding hydrogens is 212 g/mol. The van der Waals surface area contributed by atoms with Gasteiger partial charge in [0.05, 0.1) is 18.1 Å². The molecule has 1 aromatic rings. The van der Waals surface area contributed by atoms with Crippen LogP contribution in [0.2, 0.25) is 0 Å². The Balaban J connectivity index is 2.32. The minimum Gasteiger partial charge on any atom is -0.377 e. The van der Waals surface area contributed by atoms with Crippen LogP contribution in [0.1, 0.15) is 6.42 Å². The topological polar surface area (TPSA) is 43.4 Å². The molecule has 0 N–H and O–H groups in total. The summed E-state index contributed by atoms with van der Waals surface area (Å²) < 4.78 is 28.8. The second-order valence-electron chi connectivity index (χ2n) is 3.44. The van der Waals surface area contributed by atoms with Gasteiger partial charge in [0.2, 0.25) is 0 Å². The quantitative estimate of drug-likeness (QED) is 0.769.